The fourth-order valence-corrected chi connectivity index (χ4v) is 3.58. The Bertz CT molecular complexity index is 392. The second-order valence-corrected chi connectivity index (χ2v) is 6.75. The minimum absolute atomic E-state index is 0.274. The highest BCUT2D eigenvalue weighted by Crippen LogP contribution is 2.26. The van der Waals surface area contributed by atoms with Gasteiger partial charge in [0.25, 0.3) is 0 Å². The molecule has 20 heavy (non-hydrogen) atoms. The summed E-state index contributed by atoms with van der Waals surface area (Å²) in [6.07, 6.45) is 2.65. The van der Waals surface area contributed by atoms with Gasteiger partial charge in [-0.05, 0) is 49.9 Å². The van der Waals surface area contributed by atoms with Gasteiger partial charge in [0.05, 0.1) is 18.8 Å². The first-order chi connectivity index (χ1) is 9.74. The number of thiophene rings is 1. The summed E-state index contributed by atoms with van der Waals surface area (Å²) in [6.45, 7) is 11.9. The van der Waals surface area contributed by atoms with E-state index in [9.17, 15) is 0 Å². The molecule has 1 aromatic rings. The highest BCUT2D eigenvalue weighted by molar-refractivity contribution is 7.10. The van der Waals surface area contributed by atoms with Crippen molar-refractivity contribution in [2.75, 3.05) is 32.8 Å². The SMILES string of the molecule is CCCNC(c1csc(C)c1)C1CN(CCC)CCO1. The molecule has 0 aliphatic carbocycles. The Morgan fingerprint density at radius 1 is 1.45 bits per heavy atom. The van der Waals surface area contributed by atoms with Crippen LogP contribution >= 0.6 is 11.3 Å². The molecule has 1 aromatic heterocycles. The summed E-state index contributed by atoms with van der Waals surface area (Å²) in [4.78, 5) is 3.91. The van der Waals surface area contributed by atoms with Gasteiger partial charge < -0.3 is 10.1 Å². The molecule has 4 heteroatoms. The minimum Gasteiger partial charge on any atom is -0.374 e. The van der Waals surface area contributed by atoms with Crippen LogP contribution in [0.3, 0.4) is 0 Å². The Morgan fingerprint density at radius 2 is 2.30 bits per heavy atom. The summed E-state index contributed by atoms with van der Waals surface area (Å²) in [6, 6.07) is 2.64. The molecule has 2 heterocycles. The Morgan fingerprint density at radius 3 is 2.95 bits per heavy atom. The monoisotopic (exact) mass is 296 g/mol. The Kier molecular flexibility index (Phi) is 6.49. The van der Waals surface area contributed by atoms with Crippen molar-refractivity contribution in [3.63, 3.8) is 0 Å². The first-order valence-electron chi connectivity index (χ1n) is 7.87. The van der Waals surface area contributed by atoms with E-state index in [1.165, 1.54) is 23.4 Å². The normalized spacial score (nSPS) is 22.1. The third-order valence-electron chi connectivity index (χ3n) is 3.81. The molecular weight excluding hydrogens is 268 g/mol. The van der Waals surface area contributed by atoms with Crippen LogP contribution in [0.1, 0.15) is 43.2 Å². The van der Waals surface area contributed by atoms with Gasteiger partial charge in [-0.25, -0.2) is 0 Å². The lowest BCUT2D eigenvalue weighted by atomic mass is 10.0. The van der Waals surface area contributed by atoms with Gasteiger partial charge in [0.1, 0.15) is 0 Å². The Balaban J connectivity index is 2.05. The third kappa shape index (κ3) is 4.29. The van der Waals surface area contributed by atoms with Crippen molar-refractivity contribution in [3.05, 3.63) is 21.9 Å². The van der Waals surface area contributed by atoms with Crippen molar-refractivity contribution in [3.8, 4) is 0 Å². The molecule has 0 radical (unpaired) electrons. The fourth-order valence-electron chi connectivity index (χ4n) is 2.84. The molecule has 2 atom stereocenters. The van der Waals surface area contributed by atoms with Crippen molar-refractivity contribution < 1.29 is 4.74 Å². The standard InChI is InChI=1S/C16H28N2OS/c1-4-6-17-16(14-10-13(3)20-12-14)15-11-18(7-5-2)8-9-19-15/h10,12,15-17H,4-9,11H2,1-3H3. The average molecular weight is 296 g/mol. The molecule has 114 valence electrons. The maximum Gasteiger partial charge on any atom is 0.0897 e. The molecule has 0 saturated carbocycles. The first-order valence-corrected chi connectivity index (χ1v) is 8.75. The van der Waals surface area contributed by atoms with Gasteiger partial charge in [-0.3, -0.25) is 4.90 Å². The van der Waals surface area contributed by atoms with Crippen molar-refractivity contribution in [2.24, 2.45) is 0 Å². The number of hydrogen-bond acceptors (Lipinski definition) is 4. The van der Waals surface area contributed by atoms with Gasteiger partial charge in [0.2, 0.25) is 0 Å². The molecule has 0 spiro atoms. The van der Waals surface area contributed by atoms with Crippen molar-refractivity contribution in [2.45, 2.75) is 45.8 Å². The summed E-state index contributed by atoms with van der Waals surface area (Å²) in [5, 5.41) is 5.97. The average Bonchev–Trinajstić information content (AvgIpc) is 2.87. The molecular formula is C16H28N2OS. The van der Waals surface area contributed by atoms with E-state index in [-0.39, 0.29) is 6.10 Å². The number of aryl methyl sites for hydroxylation is 1. The van der Waals surface area contributed by atoms with Crippen LogP contribution in [0.15, 0.2) is 11.4 Å². The number of nitrogens with zero attached hydrogens (tertiary/aromatic N) is 1. The van der Waals surface area contributed by atoms with E-state index in [0.717, 1.165) is 32.7 Å². The Hall–Kier alpha value is -0.420. The van der Waals surface area contributed by atoms with E-state index in [1.807, 2.05) is 11.3 Å². The predicted molar refractivity (Wildman–Crippen MR) is 86.6 cm³/mol. The smallest absolute Gasteiger partial charge is 0.0897 e. The van der Waals surface area contributed by atoms with E-state index in [1.54, 1.807) is 0 Å². The summed E-state index contributed by atoms with van der Waals surface area (Å²) in [7, 11) is 0. The summed E-state index contributed by atoms with van der Waals surface area (Å²) < 4.78 is 6.08. The van der Waals surface area contributed by atoms with Crippen molar-refractivity contribution in [1.29, 1.82) is 0 Å². The zero-order valence-corrected chi connectivity index (χ0v) is 13.8. The molecule has 1 aliphatic rings. The zero-order chi connectivity index (χ0) is 14.4. The lowest BCUT2D eigenvalue weighted by molar-refractivity contribution is -0.0469. The topological polar surface area (TPSA) is 24.5 Å². The van der Waals surface area contributed by atoms with Crippen LogP contribution in [0.2, 0.25) is 0 Å². The van der Waals surface area contributed by atoms with Gasteiger partial charge in [-0.1, -0.05) is 13.8 Å². The molecule has 0 bridgehead atoms. The number of rotatable bonds is 7. The van der Waals surface area contributed by atoms with Crippen LogP contribution < -0.4 is 5.32 Å². The summed E-state index contributed by atoms with van der Waals surface area (Å²) >= 11 is 1.83. The highest BCUT2D eigenvalue weighted by atomic mass is 32.1. The fraction of sp³-hybridized carbons (Fsp3) is 0.750. The van der Waals surface area contributed by atoms with Crippen LogP contribution in [0, 0.1) is 6.92 Å². The maximum absolute atomic E-state index is 6.08. The van der Waals surface area contributed by atoms with Gasteiger partial charge in [-0.2, -0.15) is 0 Å². The lowest BCUT2D eigenvalue weighted by Crippen LogP contribution is -2.48. The van der Waals surface area contributed by atoms with Crippen LogP contribution in [-0.4, -0.2) is 43.8 Å². The van der Waals surface area contributed by atoms with Gasteiger partial charge in [0.15, 0.2) is 0 Å². The molecule has 3 nitrogen and oxygen atoms in total. The van der Waals surface area contributed by atoms with E-state index in [2.05, 4.69) is 42.4 Å². The first kappa shape index (κ1) is 16.0. The van der Waals surface area contributed by atoms with Crippen LogP contribution in [0.25, 0.3) is 0 Å². The number of morpholine rings is 1. The zero-order valence-electron chi connectivity index (χ0n) is 13.0. The van der Waals surface area contributed by atoms with Crippen LogP contribution in [0.4, 0.5) is 0 Å². The molecule has 0 amide bonds. The quantitative estimate of drug-likeness (QED) is 0.836. The molecule has 0 aromatic carbocycles. The Labute approximate surface area is 127 Å². The predicted octanol–water partition coefficient (Wildman–Crippen LogP) is 3.21. The van der Waals surface area contributed by atoms with E-state index >= 15 is 0 Å². The van der Waals surface area contributed by atoms with E-state index in [0.29, 0.717) is 6.04 Å². The highest BCUT2D eigenvalue weighted by Gasteiger charge is 2.29. The molecule has 1 saturated heterocycles. The molecule has 2 unspecified atom stereocenters. The van der Waals surface area contributed by atoms with Crippen LogP contribution in [-0.2, 0) is 4.74 Å². The largest absolute Gasteiger partial charge is 0.374 e. The van der Waals surface area contributed by atoms with Crippen molar-refractivity contribution in [1.82, 2.24) is 10.2 Å². The second-order valence-electron chi connectivity index (χ2n) is 5.63. The van der Waals surface area contributed by atoms with Gasteiger partial charge in [-0.15, -0.1) is 11.3 Å². The molecule has 1 N–H and O–H groups in total. The maximum atomic E-state index is 6.08. The van der Waals surface area contributed by atoms with E-state index in [4.69, 9.17) is 4.74 Å². The minimum atomic E-state index is 0.274. The second kappa shape index (κ2) is 8.13. The molecule has 1 fully saturated rings. The number of nitrogens with one attached hydrogen (secondary N) is 1. The molecule has 2 rings (SSSR count). The summed E-state index contributed by atoms with van der Waals surface area (Å²) in [5.41, 5.74) is 1.39. The van der Waals surface area contributed by atoms with Crippen molar-refractivity contribution >= 4 is 11.3 Å². The summed E-state index contributed by atoms with van der Waals surface area (Å²) in [5.74, 6) is 0. The van der Waals surface area contributed by atoms with Gasteiger partial charge in [0, 0.05) is 18.0 Å². The third-order valence-corrected chi connectivity index (χ3v) is 4.69. The molecule has 1 aliphatic heterocycles. The van der Waals surface area contributed by atoms with E-state index < -0.39 is 0 Å². The number of ether oxygens (including phenoxy) is 1. The number of hydrogen-bond donors (Lipinski definition) is 1. The van der Waals surface area contributed by atoms with Gasteiger partial charge >= 0.3 is 0 Å². The van der Waals surface area contributed by atoms with Crippen LogP contribution in [0.5, 0.6) is 0 Å². The lowest BCUT2D eigenvalue weighted by Gasteiger charge is -2.37.